The molecule has 0 spiro atoms. The Morgan fingerprint density at radius 2 is 1.75 bits per heavy atom. The van der Waals surface area contributed by atoms with Crippen molar-refractivity contribution in [2.45, 2.75) is 44.2 Å². The number of likely N-dealkylation sites (tertiary alicyclic amines) is 2. The van der Waals surface area contributed by atoms with E-state index in [0.29, 0.717) is 36.6 Å². The van der Waals surface area contributed by atoms with Gasteiger partial charge in [-0.25, -0.2) is 0 Å². The van der Waals surface area contributed by atoms with Gasteiger partial charge in [-0.2, -0.15) is 0 Å². The number of hydrogen-bond acceptors (Lipinski definition) is 4. The maximum atomic E-state index is 13.1. The number of fused-ring (bicyclic) bond motifs is 1. The van der Waals surface area contributed by atoms with Crippen LogP contribution in [0.25, 0.3) is 0 Å². The van der Waals surface area contributed by atoms with Crippen LogP contribution in [0.15, 0.2) is 18.2 Å². The molecule has 0 aromatic heterocycles. The van der Waals surface area contributed by atoms with E-state index in [1.54, 1.807) is 0 Å². The standard InChI is InChI=1S/C19H26N2O3/c1-20-9-2-5-15(20)16-6-3-10-21(16)19(22)14-7-8-17-18(13-14)24-12-4-11-23-17/h7-8,13,15-16H,2-6,9-12H2,1H3. The van der Waals surface area contributed by atoms with Crippen LogP contribution in [0.2, 0.25) is 0 Å². The van der Waals surface area contributed by atoms with Crippen LogP contribution in [0.3, 0.4) is 0 Å². The highest BCUT2D eigenvalue weighted by molar-refractivity contribution is 5.95. The van der Waals surface area contributed by atoms with Crippen LogP contribution in [0.1, 0.15) is 42.5 Å². The molecule has 2 fully saturated rings. The van der Waals surface area contributed by atoms with Gasteiger partial charge in [0.2, 0.25) is 0 Å². The maximum Gasteiger partial charge on any atom is 0.254 e. The number of likely N-dealkylation sites (N-methyl/N-ethyl adjacent to an activating group) is 1. The normalized spacial score (nSPS) is 27.3. The molecule has 3 aliphatic heterocycles. The molecule has 5 nitrogen and oxygen atoms in total. The van der Waals surface area contributed by atoms with Gasteiger partial charge in [-0.1, -0.05) is 0 Å². The molecule has 0 saturated carbocycles. The van der Waals surface area contributed by atoms with Crippen LogP contribution >= 0.6 is 0 Å². The summed E-state index contributed by atoms with van der Waals surface area (Å²) in [5, 5.41) is 0. The summed E-state index contributed by atoms with van der Waals surface area (Å²) in [4.78, 5) is 17.6. The summed E-state index contributed by atoms with van der Waals surface area (Å²) in [6.07, 6.45) is 5.53. The molecule has 1 aromatic carbocycles. The predicted octanol–water partition coefficient (Wildman–Crippen LogP) is 2.55. The predicted molar refractivity (Wildman–Crippen MR) is 91.8 cm³/mol. The van der Waals surface area contributed by atoms with Crippen molar-refractivity contribution in [3.05, 3.63) is 23.8 Å². The average Bonchev–Trinajstić information content (AvgIpc) is 3.16. The first kappa shape index (κ1) is 15.8. The van der Waals surface area contributed by atoms with E-state index in [2.05, 4.69) is 16.8 Å². The summed E-state index contributed by atoms with van der Waals surface area (Å²) in [6.45, 7) is 3.32. The smallest absolute Gasteiger partial charge is 0.254 e. The SMILES string of the molecule is CN1CCCC1C1CCCN1C(=O)c1ccc2c(c1)OCCCO2. The summed E-state index contributed by atoms with van der Waals surface area (Å²) in [5.74, 6) is 1.58. The summed E-state index contributed by atoms with van der Waals surface area (Å²) < 4.78 is 11.4. The van der Waals surface area contributed by atoms with Gasteiger partial charge < -0.3 is 19.3 Å². The minimum atomic E-state index is 0.133. The van der Waals surface area contributed by atoms with Gasteiger partial charge in [0, 0.05) is 30.6 Å². The van der Waals surface area contributed by atoms with E-state index >= 15 is 0 Å². The topological polar surface area (TPSA) is 42.0 Å². The van der Waals surface area contributed by atoms with E-state index < -0.39 is 0 Å². The molecular weight excluding hydrogens is 304 g/mol. The van der Waals surface area contributed by atoms with Crippen LogP contribution in [0.4, 0.5) is 0 Å². The van der Waals surface area contributed by atoms with Crippen molar-refractivity contribution in [2.75, 3.05) is 33.4 Å². The van der Waals surface area contributed by atoms with E-state index in [1.165, 1.54) is 12.8 Å². The fraction of sp³-hybridized carbons (Fsp3) is 0.632. The number of amides is 1. The molecule has 3 aliphatic rings. The minimum absolute atomic E-state index is 0.133. The van der Waals surface area contributed by atoms with E-state index in [9.17, 15) is 4.79 Å². The molecule has 3 heterocycles. The average molecular weight is 330 g/mol. The lowest BCUT2D eigenvalue weighted by molar-refractivity contribution is 0.0664. The number of nitrogens with zero attached hydrogens (tertiary/aromatic N) is 2. The number of rotatable bonds is 2. The van der Waals surface area contributed by atoms with Crippen molar-refractivity contribution in [3.63, 3.8) is 0 Å². The molecular formula is C19H26N2O3. The fourth-order valence-corrected chi connectivity index (χ4v) is 4.33. The van der Waals surface area contributed by atoms with Crippen molar-refractivity contribution >= 4 is 5.91 Å². The monoisotopic (exact) mass is 330 g/mol. The molecule has 130 valence electrons. The summed E-state index contributed by atoms with van der Waals surface area (Å²) in [7, 11) is 2.19. The van der Waals surface area contributed by atoms with E-state index in [0.717, 1.165) is 38.1 Å². The molecule has 2 unspecified atom stereocenters. The molecule has 1 aromatic rings. The van der Waals surface area contributed by atoms with E-state index in [1.807, 2.05) is 18.2 Å². The van der Waals surface area contributed by atoms with Crippen molar-refractivity contribution in [1.29, 1.82) is 0 Å². The van der Waals surface area contributed by atoms with Crippen molar-refractivity contribution < 1.29 is 14.3 Å². The Bertz CT molecular complexity index is 619. The first-order chi connectivity index (χ1) is 11.7. The van der Waals surface area contributed by atoms with Crippen LogP contribution in [-0.4, -0.2) is 61.1 Å². The molecule has 0 bridgehead atoms. The minimum Gasteiger partial charge on any atom is -0.490 e. The van der Waals surface area contributed by atoms with Gasteiger partial charge >= 0.3 is 0 Å². The molecule has 0 radical (unpaired) electrons. The summed E-state index contributed by atoms with van der Waals surface area (Å²) in [5.41, 5.74) is 0.715. The second kappa shape index (κ2) is 6.63. The molecule has 2 saturated heterocycles. The zero-order valence-corrected chi connectivity index (χ0v) is 14.4. The molecule has 0 aliphatic carbocycles. The fourth-order valence-electron chi connectivity index (χ4n) is 4.33. The van der Waals surface area contributed by atoms with Crippen LogP contribution in [-0.2, 0) is 0 Å². The van der Waals surface area contributed by atoms with Crippen molar-refractivity contribution in [3.8, 4) is 11.5 Å². The van der Waals surface area contributed by atoms with Gasteiger partial charge in [0.15, 0.2) is 11.5 Å². The van der Waals surface area contributed by atoms with Crippen molar-refractivity contribution in [1.82, 2.24) is 9.80 Å². The van der Waals surface area contributed by atoms with Crippen LogP contribution < -0.4 is 9.47 Å². The Hall–Kier alpha value is -1.75. The lowest BCUT2D eigenvalue weighted by Crippen LogP contribution is -2.47. The number of carbonyl (C=O) groups excluding carboxylic acids is 1. The second-order valence-corrected chi connectivity index (χ2v) is 7.11. The Morgan fingerprint density at radius 1 is 1.00 bits per heavy atom. The Morgan fingerprint density at radius 3 is 2.54 bits per heavy atom. The highest BCUT2D eigenvalue weighted by Crippen LogP contribution is 2.33. The number of carbonyl (C=O) groups is 1. The van der Waals surface area contributed by atoms with Gasteiger partial charge in [-0.15, -0.1) is 0 Å². The lowest BCUT2D eigenvalue weighted by atomic mass is 10.0. The van der Waals surface area contributed by atoms with Gasteiger partial charge in [0.1, 0.15) is 0 Å². The number of ether oxygens (including phenoxy) is 2. The second-order valence-electron chi connectivity index (χ2n) is 7.11. The van der Waals surface area contributed by atoms with E-state index in [-0.39, 0.29) is 5.91 Å². The van der Waals surface area contributed by atoms with Gasteiger partial charge in [-0.3, -0.25) is 4.79 Å². The van der Waals surface area contributed by atoms with Gasteiger partial charge in [-0.05, 0) is 57.5 Å². The van der Waals surface area contributed by atoms with E-state index in [4.69, 9.17) is 9.47 Å². The molecule has 0 N–H and O–H groups in total. The third kappa shape index (κ3) is 2.86. The summed E-state index contributed by atoms with van der Waals surface area (Å²) >= 11 is 0. The van der Waals surface area contributed by atoms with Gasteiger partial charge in [0.25, 0.3) is 5.91 Å². The maximum absolute atomic E-state index is 13.1. The molecule has 2 atom stereocenters. The zero-order valence-electron chi connectivity index (χ0n) is 14.4. The Balaban J connectivity index is 1.55. The zero-order chi connectivity index (χ0) is 16.5. The van der Waals surface area contributed by atoms with Crippen LogP contribution in [0, 0.1) is 0 Å². The molecule has 5 heteroatoms. The number of hydrogen-bond donors (Lipinski definition) is 0. The summed E-state index contributed by atoms with van der Waals surface area (Å²) in [6, 6.07) is 6.47. The first-order valence-corrected chi connectivity index (χ1v) is 9.15. The first-order valence-electron chi connectivity index (χ1n) is 9.15. The van der Waals surface area contributed by atoms with Crippen molar-refractivity contribution in [2.24, 2.45) is 0 Å². The Labute approximate surface area is 143 Å². The Kier molecular flexibility index (Phi) is 4.35. The van der Waals surface area contributed by atoms with Crippen LogP contribution in [0.5, 0.6) is 11.5 Å². The van der Waals surface area contributed by atoms with Gasteiger partial charge in [0.05, 0.1) is 13.2 Å². The number of benzene rings is 1. The molecule has 1 amide bonds. The third-order valence-electron chi connectivity index (χ3n) is 5.58. The largest absolute Gasteiger partial charge is 0.490 e. The molecule has 24 heavy (non-hydrogen) atoms. The molecule has 4 rings (SSSR count). The highest BCUT2D eigenvalue weighted by atomic mass is 16.5. The highest BCUT2D eigenvalue weighted by Gasteiger charge is 2.38. The lowest BCUT2D eigenvalue weighted by Gasteiger charge is -2.33. The quantitative estimate of drug-likeness (QED) is 0.836. The third-order valence-corrected chi connectivity index (χ3v) is 5.58.